The molecule has 9 aliphatic rings. The third kappa shape index (κ3) is 9.56. The summed E-state index contributed by atoms with van der Waals surface area (Å²) in [5.74, 6) is 16.0. The highest BCUT2D eigenvalue weighted by Gasteiger charge is 2.58. The normalized spacial score (nSPS) is 47.3. The predicted molar refractivity (Wildman–Crippen MR) is 250 cm³/mol. The van der Waals surface area contributed by atoms with Crippen molar-refractivity contribution in [1.82, 2.24) is 42.5 Å². The van der Waals surface area contributed by atoms with Gasteiger partial charge in [-0.15, -0.1) is 0 Å². The molecule has 0 aromatic heterocycles. The molecule has 58 heavy (non-hydrogen) atoms. The largest absolute Gasteiger partial charge is 0.286 e. The fourth-order valence-corrected chi connectivity index (χ4v) is 18.7. The Bertz CT molecular complexity index is 1270. The zero-order valence-corrected chi connectivity index (χ0v) is 39.3. The number of hydrogen-bond acceptors (Lipinski definition) is 11. The molecule has 4 saturated carbocycles. The van der Waals surface area contributed by atoms with Crippen molar-refractivity contribution < 1.29 is 0 Å². The lowest BCUT2D eigenvalue weighted by atomic mass is 9.63. The fraction of sp³-hybridized carbons (Fsp3) is 1.00. The van der Waals surface area contributed by atoms with Gasteiger partial charge in [-0.25, -0.2) is 0 Å². The maximum Gasteiger partial charge on any atom is 0.0631 e. The van der Waals surface area contributed by atoms with Gasteiger partial charge in [-0.2, -0.15) is 35.3 Å². The van der Waals surface area contributed by atoms with E-state index in [2.05, 4.69) is 98.6 Å². The van der Waals surface area contributed by atoms with Gasteiger partial charge in [0.2, 0.25) is 0 Å². The molecule has 8 nitrogen and oxygen atoms in total. The minimum Gasteiger partial charge on any atom is -0.286 e. The van der Waals surface area contributed by atoms with E-state index in [4.69, 9.17) is 0 Å². The Balaban J connectivity index is 1.05. The molecular formula is C47H86N8S3. The van der Waals surface area contributed by atoms with Crippen molar-refractivity contribution in [2.75, 3.05) is 34.5 Å². The van der Waals surface area contributed by atoms with Crippen molar-refractivity contribution in [1.29, 1.82) is 0 Å². The molecule has 9 rings (SSSR count). The Morgan fingerprint density at radius 3 is 1.03 bits per heavy atom. The van der Waals surface area contributed by atoms with E-state index in [1.165, 1.54) is 157 Å². The lowest BCUT2D eigenvalue weighted by Gasteiger charge is -2.48. The van der Waals surface area contributed by atoms with Gasteiger partial charge in [0.25, 0.3) is 0 Å². The molecule has 5 heterocycles. The van der Waals surface area contributed by atoms with Crippen LogP contribution in [-0.2, 0) is 0 Å². The van der Waals surface area contributed by atoms with Gasteiger partial charge < -0.3 is 0 Å². The van der Waals surface area contributed by atoms with Gasteiger partial charge in [-0.05, 0) is 164 Å². The average Bonchev–Trinajstić information content (AvgIpc) is 3.98. The predicted octanol–water partition coefficient (Wildman–Crippen LogP) is 7.88. The highest BCUT2D eigenvalue weighted by Crippen LogP contribution is 2.52. The lowest BCUT2D eigenvalue weighted by Crippen LogP contribution is -2.62. The summed E-state index contributed by atoms with van der Waals surface area (Å²) in [5.41, 5.74) is 0. The summed E-state index contributed by atoms with van der Waals surface area (Å²) in [7, 11) is 0. The standard InChI is InChI=1S/C47H86N8S3/c1-4-7-22-56-26-29-25-36-39(38(28-58-24-9-6-3)37(29)27-57-23-8-5-2)47-54-45-35-21-15-14-20-34(35)43(52-45)50-41-31-17-11-10-16-30(31)40(48-41)49-42-32-18-12-13-19-33(32)44(51-42)53-46(36)55-47/h29-55H,4-28H2,1-3H3. The molecule has 8 bridgehead atoms. The molecule has 5 aliphatic heterocycles. The Kier molecular flexibility index (Phi) is 16.0. The maximum atomic E-state index is 4.54. The molecule has 4 aliphatic carbocycles. The number of unbranched alkanes of at least 4 members (excludes halogenated alkanes) is 3. The molecule has 0 aromatic rings. The van der Waals surface area contributed by atoms with E-state index in [0.29, 0.717) is 84.8 Å². The van der Waals surface area contributed by atoms with Crippen molar-refractivity contribution in [3.63, 3.8) is 0 Å². The summed E-state index contributed by atoms with van der Waals surface area (Å²) >= 11 is 6.93. The lowest BCUT2D eigenvalue weighted by molar-refractivity contribution is 0.0605. The second-order valence-electron chi connectivity index (χ2n) is 20.8. The van der Waals surface area contributed by atoms with Crippen LogP contribution in [0.2, 0.25) is 0 Å². The van der Waals surface area contributed by atoms with Crippen molar-refractivity contribution >= 4 is 35.3 Å². The molecule has 8 N–H and O–H groups in total. The van der Waals surface area contributed by atoms with Gasteiger partial charge in [0.1, 0.15) is 0 Å². The number of nitrogens with one attached hydrogen (secondary N) is 8. The van der Waals surface area contributed by atoms with Gasteiger partial charge in [0.15, 0.2) is 0 Å². The van der Waals surface area contributed by atoms with E-state index in [1.807, 2.05) is 0 Å². The van der Waals surface area contributed by atoms with Crippen LogP contribution in [0.15, 0.2) is 0 Å². The van der Waals surface area contributed by atoms with Crippen LogP contribution < -0.4 is 42.5 Å². The quantitative estimate of drug-likeness (QED) is 0.0774. The van der Waals surface area contributed by atoms with Gasteiger partial charge in [-0.1, -0.05) is 78.6 Å². The van der Waals surface area contributed by atoms with Crippen LogP contribution in [-0.4, -0.2) is 83.8 Å². The summed E-state index contributed by atoms with van der Waals surface area (Å²) in [5, 5.41) is 35.3. The van der Waals surface area contributed by atoms with Crippen molar-refractivity contribution in [2.24, 2.45) is 65.1 Å². The van der Waals surface area contributed by atoms with Crippen LogP contribution in [0.25, 0.3) is 0 Å². The van der Waals surface area contributed by atoms with Crippen LogP contribution >= 0.6 is 35.3 Å². The van der Waals surface area contributed by atoms with E-state index in [-0.39, 0.29) is 0 Å². The van der Waals surface area contributed by atoms with E-state index >= 15 is 0 Å². The van der Waals surface area contributed by atoms with Crippen molar-refractivity contribution in [3.8, 4) is 0 Å². The first-order valence-electron chi connectivity index (χ1n) is 25.5. The summed E-state index contributed by atoms with van der Waals surface area (Å²) in [4.78, 5) is 0. The second kappa shape index (κ2) is 21.1. The average molecular weight is 859 g/mol. The van der Waals surface area contributed by atoms with Gasteiger partial charge in [0.05, 0.1) is 49.3 Å². The number of fused-ring (bicyclic) bond motifs is 20. The van der Waals surface area contributed by atoms with Gasteiger partial charge in [0, 0.05) is 0 Å². The molecule has 0 aromatic carbocycles. The maximum absolute atomic E-state index is 4.54. The van der Waals surface area contributed by atoms with Crippen LogP contribution in [0.3, 0.4) is 0 Å². The number of rotatable bonds is 15. The first-order chi connectivity index (χ1) is 28.6. The van der Waals surface area contributed by atoms with Crippen LogP contribution in [0.4, 0.5) is 0 Å². The minimum atomic E-state index is 0.344. The molecule has 0 radical (unpaired) electrons. The zero-order chi connectivity index (χ0) is 39.4. The summed E-state index contributed by atoms with van der Waals surface area (Å²) < 4.78 is 0. The SMILES string of the molecule is CCCCSCC1CC2C3NC4NC(NC5NC(NC6NC(NC(N3)C2C(CSCCCC)C1CSCCCC)C1CCCCC61)C1CCCCC51)C1CCCCC41. The van der Waals surface area contributed by atoms with Crippen LogP contribution in [0, 0.1) is 65.1 Å². The first kappa shape index (κ1) is 44.0. The molecule has 5 saturated heterocycles. The molecule has 9 fully saturated rings. The number of thioether (sulfide) groups is 3. The summed E-state index contributed by atoms with van der Waals surface area (Å²) in [6.07, 6.45) is 29.0. The van der Waals surface area contributed by atoms with Crippen molar-refractivity contribution in [2.45, 2.75) is 192 Å². The zero-order valence-electron chi connectivity index (χ0n) is 36.9. The topological polar surface area (TPSA) is 96.2 Å². The third-order valence-corrected chi connectivity index (χ3v) is 21.1. The molecule has 19 atom stereocenters. The summed E-state index contributed by atoms with van der Waals surface area (Å²) in [6.45, 7) is 7.12. The Labute approximate surface area is 367 Å². The molecular weight excluding hydrogens is 773 g/mol. The Morgan fingerprint density at radius 2 is 0.672 bits per heavy atom. The van der Waals surface area contributed by atoms with Crippen LogP contribution in [0.1, 0.15) is 143 Å². The van der Waals surface area contributed by atoms with Gasteiger partial charge >= 0.3 is 0 Å². The Morgan fingerprint density at radius 1 is 0.362 bits per heavy atom. The highest BCUT2D eigenvalue weighted by atomic mass is 32.2. The van der Waals surface area contributed by atoms with Crippen molar-refractivity contribution in [3.05, 3.63) is 0 Å². The van der Waals surface area contributed by atoms with Crippen LogP contribution in [0.5, 0.6) is 0 Å². The Hall–Kier alpha value is 0.730. The fourth-order valence-electron chi connectivity index (χ4n) is 14.5. The third-order valence-electron chi connectivity index (χ3n) is 17.5. The molecule has 0 amide bonds. The minimum absolute atomic E-state index is 0.344. The van der Waals surface area contributed by atoms with E-state index in [1.54, 1.807) is 0 Å². The smallest absolute Gasteiger partial charge is 0.0631 e. The monoisotopic (exact) mass is 859 g/mol. The molecule has 11 heteroatoms. The van der Waals surface area contributed by atoms with E-state index in [9.17, 15) is 0 Å². The summed E-state index contributed by atoms with van der Waals surface area (Å²) in [6, 6.07) is 0. The molecule has 0 spiro atoms. The van der Waals surface area contributed by atoms with Gasteiger partial charge in [-0.3, -0.25) is 42.5 Å². The molecule has 19 unspecified atom stereocenters. The number of hydrogen-bond donors (Lipinski definition) is 8. The second-order valence-corrected chi connectivity index (χ2v) is 24.3. The van der Waals surface area contributed by atoms with E-state index < -0.39 is 0 Å². The first-order valence-corrected chi connectivity index (χ1v) is 28.9. The van der Waals surface area contributed by atoms with E-state index in [0.717, 1.165) is 29.6 Å². The molecule has 332 valence electrons. The highest BCUT2D eigenvalue weighted by molar-refractivity contribution is 7.99.